The van der Waals surface area contributed by atoms with Crippen LogP contribution in [0.4, 0.5) is 10.2 Å². The highest BCUT2D eigenvalue weighted by molar-refractivity contribution is 6.36. The first-order chi connectivity index (χ1) is 14.3. The van der Waals surface area contributed by atoms with Gasteiger partial charge in [-0.05, 0) is 38.1 Å². The highest BCUT2D eigenvalue weighted by Crippen LogP contribution is 2.37. The molecular formula is C20H21Cl2FN6O. The van der Waals surface area contributed by atoms with Gasteiger partial charge < -0.3 is 21.5 Å². The zero-order chi connectivity index (χ0) is 21.5. The van der Waals surface area contributed by atoms with Gasteiger partial charge in [0.25, 0.3) is 0 Å². The number of nitrogens with two attached hydrogens (primary N) is 2. The number of nitrogens with one attached hydrogen (secondary N) is 1. The molecule has 2 unspecified atom stereocenters. The SMILES string of the molecule is CC(Oc1cc(-c2cnn(C3(N)CCNC3)c2)cnc1N)c1c(Cl)ccc(F)c1Cl. The van der Waals surface area contributed by atoms with Crippen molar-refractivity contribution in [3.05, 3.63) is 58.2 Å². The fraction of sp³-hybridized carbons (Fsp3) is 0.300. The predicted molar refractivity (Wildman–Crippen MR) is 115 cm³/mol. The third-order valence-electron chi connectivity index (χ3n) is 5.21. The molecule has 1 aromatic carbocycles. The molecule has 3 heterocycles. The molecule has 30 heavy (non-hydrogen) atoms. The Morgan fingerprint density at radius 2 is 2.10 bits per heavy atom. The molecule has 2 aromatic heterocycles. The van der Waals surface area contributed by atoms with Crippen LogP contribution in [0.2, 0.25) is 10.0 Å². The largest absolute Gasteiger partial charge is 0.482 e. The number of halogens is 3. The van der Waals surface area contributed by atoms with E-state index in [9.17, 15) is 4.39 Å². The van der Waals surface area contributed by atoms with Crippen LogP contribution < -0.4 is 21.5 Å². The first-order valence-electron chi connectivity index (χ1n) is 9.39. The van der Waals surface area contributed by atoms with Gasteiger partial charge in [0.1, 0.15) is 17.6 Å². The van der Waals surface area contributed by atoms with E-state index in [0.29, 0.717) is 22.9 Å². The summed E-state index contributed by atoms with van der Waals surface area (Å²) in [5, 5.41) is 7.88. The number of hydrogen-bond acceptors (Lipinski definition) is 6. The number of rotatable bonds is 5. The Labute approximate surface area is 183 Å². The molecule has 1 fully saturated rings. The van der Waals surface area contributed by atoms with Gasteiger partial charge in [-0.15, -0.1) is 0 Å². The number of hydrogen-bond donors (Lipinski definition) is 3. The quantitative estimate of drug-likeness (QED) is 0.511. The molecule has 5 N–H and O–H groups in total. The number of benzene rings is 1. The number of ether oxygens (including phenoxy) is 1. The highest BCUT2D eigenvalue weighted by Gasteiger charge is 2.32. The predicted octanol–water partition coefficient (Wildman–Crippen LogP) is 3.72. The third-order valence-corrected chi connectivity index (χ3v) is 5.92. The molecule has 158 valence electrons. The van der Waals surface area contributed by atoms with Crippen molar-refractivity contribution in [3.8, 4) is 16.9 Å². The number of pyridine rings is 1. The minimum Gasteiger partial charge on any atom is -0.482 e. The molecule has 0 amide bonds. The lowest BCUT2D eigenvalue weighted by Gasteiger charge is -2.23. The minimum absolute atomic E-state index is 0.0858. The molecule has 0 bridgehead atoms. The van der Waals surface area contributed by atoms with Crippen molar-refractivity contribution in [3.63, 3.8) is 0 Å². The van der Waals surface area contributed by atoms with Gasteiger partial charge in [-0.2, -0.15) is 5.10 Å². The van der Waals surface area contributed by atoms with Crippen LogP contribution in [0.1, 0.15) is 25.0 Å². The summed E-state index contributed by atoms with van der Waals surface area (Å²) in [5.41, 5.74) is 13.8. The van der Waals surface area contributed by atoms with E-state index >= 15 is 0 Å². The second-order valence-corrected chi connectivity index (χ2v) is 8.11. The van der Waals surface area contributed by atoms with Gasteiger partial charge in [0.15, 0.2) is 11.6 Å². The van der Waals surface area contributed by atoms with Crippen molar-refractivity contribution < 1.29 is 9.13 Å². The van der Waals surface area contributed by atoms with Crippen molar-refractivity contribution in [1.82, 2.24) is 20.1 Å². The molecule has 1 saturated heterocycles. The molecule has 0 aliphatic carbocycles. The molecule has 4 rings (SSSR count). The third kappa shape index (κ3) is 3.83. The lowest BCUT2D eigenvalue weighted by molar-refractivity contribution is 0.227. The normalized spacial score (nSPS) is 19.8. The second-order valence-electron chi connectivity index (χ2n) is 7.33. The van der Waals surface area contributed by atoms with Crippen molar-refractivity contribution in [2.45, 2.75) is 25.1 Å². The average molecular weight is 451 g/mol. The Kier molecular flexibility index (Phi) is 5.59. The summed E-state index contributed by atoms with van der Waals surface area (Å²) in [7, 11) is 0. The second kappa shape index (κ2) is 8.03. The lowest BCUT2D eigenvalue weighted by atomic mass is 10.1. The van der Waals surface area contributed by atoms with E-state index in [-0.39, 0.29) is 10.8 Å². The first kappa shape index (κ1) is 20.9. The van der Waals surface area contributed by atoms with Gasteiger partial charge in [0.2, 0.25) is 0 Å². The Morgan fingerprint density at radius 1 is 1.30 bits per heavy atom. The smallest absolute Gasteiger partial charge is 0.166 e. The standard InChI is InChI=1S/C20H21Cl2FN6O/c1-11(17-14(21)2-3-15(23)18(17)22)30-16-6-12(7-27-19(16)24)13-8-28-29(9-13)20(25)4-5-26-10-20/h2-3,6-9,11,26H,4-5,10,25H2,1H3,(H2,24,27). The number of nitrogen functional groups attached to an aromatic ring is 1. The van der Waals surface area contributed by atoms with E-state index in [0.717, 1.165) is 24.1 Å². The van der Waals surface area contributed by atoms with E-state index in [1.165, 1.54) is 12.1 Å². The molecule has 1 aliphatic heterocycles. The Bertz CT molecular complexity index is 1080. The van der Waals surface area contributed by atoms with Gasteiger partial charge in [0.05, 0.1) is 11.2 Å². The molecular weight excluding hydrogens is 430 g/mol. The van der Waals surface area contributed by atoms with Crippen LogP contribution >= 0.6 is 23.2 Å². The van der Waals surface area contributed by atoms with Crippen LogP contribution in [0.25, 0.3) is 11.1 Å². The lowest BCUT2D eigenvalue weighted by Crippen LogP contribution is -2.45. The summed E-state index contributed by atoms with van der Waals surface area (Å²) in [6, 6.07) is 4.39. The fourth-order valence-corrected chi connectivity index (χ4v) is 4.16. The van der Waals surface area contributed by atoms with Crippen LogP contribution in [0, 0.1) is 5.82 Å². The molecule has 0 saturated carbocycles. The van der Waals surface area contributed by atoms with Gasteiger partial charge in [-0.1, -0.05) is 23.2 Å². The van der Waals surface area contributed by atoms with E-state index in [1.54, 1.807) is 30.1 Å². The first-order valence-corrected chi connectivity index (χ1v) is 10.1. The molecule has 1 aliphatic rings. The summed E-state index contributed by atoms with van der Waals surface area (Å²) in [5.74, 6) is -0.0537. The monoisotopic (exact) mass is 450 g/mol. The van der Waals surface area contributed by atoms with E-state index in [2.05, 4.69) is 15.4 Å². The molecule has 2 atom stereocenters. The maximum atomic E-state index is 13.9. The van der Waals surface area contributed by atoms with Crippen molar-refractivity contribution in [2.75, 3.05) is 18.8 Å². The number of aromatic nitrogens is 3. The van der Waals surface area contributed by atoms with Crippen molar-refractivity contribution in [1.29, 1.82) is 0 Å². The van der Waals surface area contributed by atoms with Gasteiger partial charge >= 0.3 is 0 Å². The summed E-state index contributed by atoms with van der Waals surface area (Å²) in [4.78, 5) is 4.22. The maximum absolute atomic E-state index is 13.9. The van der Waals surface area contributed by atoms with Gasteiger partial charge in [0, 0.05) is 40.7 Å². The Hall–Kier alpha value is -2.39. The van der Waals surface area contributed by atoms with Crippen LogP contribution in [-0.2, 0) is 5.66 Å². The number of nitrogens with zero attached hydrogens (tertiary/aromatic N) is 3. The maximum Gasteiger partial charge on any atom is 0.166 e. The van der Waals surface area contributed by atoms with E-state index in [4.69, 9.17) is 39.4 Å². The van der Waals surface area contributed by atoms with Crippen LogP contribution in [0.15, 0.2) is 36.8 Å². The summed E-state index contributed by atoms with van der Waals surface area (Å²) in [6.45, 7) is 3.20. The Morgan fingerprint density at radius 3 is 2.83 bits per heavy atom. The van der Waals surface area contributed by atoms with Gasteiger partial charge in [-0.25, -0.2) is 9.37 Å². The van der Waals surface area contributed by atoms with Gasteiger partial charge in [-0.3, -0.25) is 4.68 Å². The van der Waals surface area contributed by atoms with Crippen molar-refractivity contribution in [2.24, 2.45) is 5.73 Å². The van der Waals surface area contributed by atoms with E-state index in [1.807, 2.05) is 6.20 Å². The van der Waals surface area contributed by atoms with Crippen molar-refractivity contribution >= 4 is 29.0 Å². The van der Waals surface area contributed by atoms with E-state index < -0.39 is 17.6 Å². The summed E-state index contributed by atoms with van der Waals surface area (Å²) >= 11 is 12.3. The zero-order valence-corrected chi connectivity index (χ0v) is 17.7. The fourth-order valence-electron chi connectivity index (χ4n) is 3.48. The summed E-state index contributed by atoms with van der Waals surface area (Å²) < 4.78 is 21.6. The molecule has 7 nitrogen and oxygen atoms in total. The van der Waals surface area contributed by atoms with Crippen LogP contribution in [-0.4, -0.2) is 27.9 Å². The molecule has 3 aromatic rings. The molecule has 10 heteroatoms. The van der Waals surface area contributed by atoms with Crippen LogP contribution in [0.5, 0.6) is 5.75 Å². The average Bonchev–Trinajstić information content (AvgIpc) is 3.37. The minimum atomic E-state index is -0.653. The highest BCUT2D eigenvalue weighted by atomic mass is 35.5. The Balaban J connectivity index is 1.62. The molecule has 0 radical (unpaired) electrons. The summed E-state index contributed by atoms with van der Waals surface area (Å²) in [6.07, 6.45) is 5.35. The number of anilines is 1. The topological polar surface area (TPSA) is 104 Å². The zero-order valence-electron chi connectivity index (χ0n) is 16.2. The van der Waals surface area contributed by atoms with Crippen LogP contribution in [0.3, 0.4) is 0 Å². The molecule has 0 spiro atoms.